The van der Waals surface area contributed by atoms with Crippen LogP contribution < -0.4 is 5.32 Å². The SMILES string of the molecule is CCCCN1C/C=C\CCC(=O)OC[C@@H](c2ccccc2)NC(=O)[C@@H]2[C@@H]3C=C[C@]4(O3)[C@H](C1=O)N([C@@H](CO)C(C)C)C(=O)[C@@H]24. The summed E-state index contributed by atoms with van der Waals surface area (Å²) < 4.78 is 12.1. The van der Waals surface area contributed by atoms with Crippen LogP contribution >= 0.6 is 0 Å². The predicted octanol–water partition coefficient (Wildman–Crippen LogP) is 2.53. The molecule has 7 atom stereocenters. The monoisotopic (exact) mass is 593 g/mol. The van der Waals surface area contributed by atoms with E-state index in [0.717, 1.165) is 18.4 Å². The molecule has 1 aromatic rings. The van der Waals surface area contributed by atoms with E-state index in [1.165, 1.54) is 4.90 Å². The van der Waals surface area contributed by atoms with Gasteiger partial charge in [0.25, 0.3) is 0 Å². The summed E-state index contributed by atoms with van der Waals surface area (Å²) in [5, 5.41) is 13.5. The Hall–Kier alpha value is -3.50. The van der Waals surface area contributed by atoms with Crippen LogP contribution in [0.3, 0.4) is 0 Å². The Morgan fingerprint density at radius 2 is 1.86 bits per heavy atom. The summed E-state index contributed by atoms with van der Waals surface area (Å²) in [5.74, 6) is -3.42. The number of cyclic esters (lactones) is 1. The highest BCUT2D eigenvalue weighted by Gasteiger charge is 2.74. The fourth-order valence-corrected chi connectivity index (χ4v) is 6.92. The Labute approximate surface area is 253 Å². The second-order valence-corrected chi connectivity index (χ2v) is 12.2. The largest absolute Gasteiger partial charge is 0.463 e. The first kappa shape index (κ1) is 30.9. The van der Waals surface area contributed by atoms with Gasteiger partial charge in [-0.1, -0.05) is 81.8 Å². The van der Waals surface area contributed by atoms with Crippen molar-refractivity contribution in [2.24, 2.45) is 17.8 Å². The summed E-state index contributed by atoms with van der Waals surface area (Å²) >= 11 is 0. The number of fused-ring (bicyclic) bond motifs is 2. The van der Waals surface area contributed by atoms with Gasteiger partial charge in [0.05, 0.1) is 36.6 Å². The van der Waals surface area contributed by atoms with Crippen LogP contribution in [-0.2, 0) is 28.7 Å². The molecule has 232 valence electrons. The summed E-state index contributed by atoms with van der Waals surface area (Å²) in [6.07, 6.45) is 8.84. The van der Waals surface area contributed by atoms with Crippen molar-refractivity contribution in [3.63, 3.8) is 0 Å². The fraction of sp³-hybridized carbons (Fsp3) is 0.576. The highest BCUT2D eigenvalue weighted by atomic mass is 16.5. The number of hydrogen-bond acceptors (Lipinski definition) is 7. The molecule has 4 aliphatic rings. The Morgan fingerprint density at radius 3 is 2.56 bits per heavy atom. The van der Waals surface area contributed by atoms with Crippen LogP contribution in [0, 0.1) is 17.8 Å². The van der Waals surface area contributed by atoms with Gasteiger partial charge < -0.3 is 29.7 Å². The summed E-state index contributed by atoms with van der Waals surface area (Å²) in [6.45, 7) is 6.24. The maximum absolute atomic E-state index is 14.5. The van der Waals surface area contributed by atoms with Gasteiger partial charge in [0.1, 0.15) is 18.2 Å². The molecule has 1 aromatic carbocycles. The van der Waals surface area contributed by atoms with Crippen molar-refractivity contribution >= 4 is 23.7 Å². The number of likely N-dealkylation sites (tertiary alicyclic amines) is 1. The molecule has 0 aromatic heterocycles. The lowest BCUT2D eigenvalue weighted by Crippen LogP contribution is -2.59. The maximum Gasteiger partial charge on any atom is 0.306 e. The van der Waals surface area contributed by atoms with Crippen LogP contribution in [0.2, 0.25) is 0 Å². The van der Waals surface area contributed by atoms with E-state index in [1.807, 2.05) is 63.3 Å². The van der Waals surface area contributed by atoms with Gasteiger partial charge in [0.15, 0.2) is 0 Å². The molecule has 10 nitrogen and oxygen atoms in total. The normalized spacial score (nSPS) is 32.6. The number of nitrogens with zero attached hydrogens (tertiary/aromatic N) is 2. The van der Waals surface area contributed by atoms with E-state index in [4.69, 9.17) is 9.47 Å². The zero-order valence-electron chi connectivity index (χ0n) is 25.2. The third kappa shape index (κ3) is 5.74. The van der Waals surface area contributed by atoms with Gasteiger partial charge >= 0.3 is 5.97 Å². The van der Waals surface area contributed by atoms with Gasteiger partial charge in [-0.05, 0) is 24.3 Å². The molecule has 43 heavy (non-hydrogen) atoms. The standard InChI is InChI=1S/C33H43N3O7/c1-4-5-17-35-18-11-7-10-14-26(38)42-20-23(22-12-8-6-9-13-22)34-30(39)27-25-15-16-33(43-25)28(27)31(40)36(29(33)32(35)41)24(19-37)21(2)3/h6-9,11-13,15-16,21,23-25,27-29,37H,4-5,10,14,17-20H2,1-3H3,(H,34,39)/b11-7-/t23-,24-,25-,27+,28+,29-,33+/m0/s1. The van der Waals surface area contributed by atoms with Crippen LogP contribution in [0.15, 0.2) is 54.6 Å². The molecule has 0 saturated carbocycles. The van der Waals surface area contributed by atoms with Crippen LogP contribution in [0.25, 0.3) is 0 Å². The molecule has 10 heteroatoms. The quantitative estimate of drug-likeness (QED) is 0.368. The second kappa shape index (κ2) is 13.0. The first-order valence-electron chi connectivity index (χ1n) is 15.5. The number of amides is 3. The zero-order valence-corrected chi connectivity index (χ0v) is 25.2. The molecule has 2 N–H and O–H groups in total. The predicted molar refractivity (Wildman–Crippen MR) is 158 cm³/mol. The maximum atomic E-state index is 14.5. The number of ether oxygens (including phenoxy) is 2. The summed E-state index contributed by atoms with van der Waals surface area (Å²) in [7, 11) is 0. The lowest BCUT2D eigenvalue weighted by molar-refractivity contribution is -0.151. The fourth-order valence-electron chi connectivity index (χ4n) is 6.92. The smallest absolute Gasteiger partial charge is 0.306 e. The van der Waals surface area contributed by atoms with Crippen molar-refractivity contribution in [2.45, 2.75) is 76.3 Å². The Balaban J connectivity index is 1.58. The molecule has 4 heterocycles. The number of aliphatic hydroxyl groups excluding tert-OH is 1. The number of benzene rings is 1. The van der Waals surface area contributed by atoms with E-state index < -0.39 is 47.6 Å². The molecule has 0 aliphatic carbocycles. The zero-order chi connectivity index (χ0) is 30.7. The number of unbranched alkanes of at least 4 members (excludes halogenated alkanes) is 1. The summed E-state index contributed by atoms with van der Waals surface area (Å²) in [5.41, 5.74) is -0.574. The van der Waals surface area contributed by atoms with Gasteiger partial charge in [-0.3, -0.25) is 19.2 Å². The Bertz CT molecular complexity index is 1260. The topological polar surface area (TPSA) is 125 Å². The number of rotatable bonds is 7. The van der Waals surface area contributed by atoms with Crippen molar-refractivity contribution < 1.29 is 33.8 Å². The third-order valence-electron chi connectivity index (χ3n) is 9.19. The third-order valence-corrected chi connectivity index (χ3v) is 9.19. The van der Waals surface area contributed by atoms with Gasteiger partial charge in [0.2, 0.25) is 17.7 Å². The van der Waals surface area contributed by atoms with Crippen LogP contribution in [0.5, 0.6) is 0 Å². The minimum atomic E-state index is -1.33. The Kier molecular flexibility index (Phi) is 9.36. The van der Waals surface area contributed by atoms with Crippen molar-refractivity contribution in [1.29, 1.82) is 0 Å². The molecule has 1 spiro atoms. The molecule has 0 unspecified atom stereocenters. The van der Waals surface area contributed by atoms with Gasteiger partial charge in [0, 0.05) is 19.5 Å². The van der Waals surface area contributed by atoms with E-state index in [9.17, 15) is 24.3 Å². The van der Waals surface area contributed by atoms with E-state index in [1.54, 1.807) is 17.1 Å². The van der Waals surface area contributed by atoms with Crippen molar-refractivity contribution in [3.8, 4) is 0 Å². The summed E-state index contributed by atoms with van der Waals surface area (Å²) in [4.78, 5) is 58.8. The molecule has 5 rings (SSSR count). The van der Waals surface area contributed by atoms with E-state index in [0.29, 0.717) is 19.5 Å². The Morgan fingerprint density at radius 1 is 1.09 bits per heavy atom. The van der Waals surface area contributed by atoms with E-state index in [2.05, 4.69) is 5.32 Å². The lowest BCUT2D eigenvalue weighted by atomic mass is 9.74. The highest BCUT2D eigenvalue weighted by molar-refractivity contribution is 6.00. The lowest BCUT2D eigenvalue weighted by Gasteiger charge is -2.40. The van der Waals surface area contributed by atoms with Crippen molar-refractivity contribution in [3.05, 3.63) is 60.2 Å². The molecule has 0 radical (unpaired) electrons. The number of nitrogens with one attached hydrogen (secondary N) is 1. The van der Waals surface area contributed by atoms with Crippen LogP contribution in [0.4, 0.5) is 0 Å². The molecule has 4 aliphatic heterocycles. The number of carbonyl (C=O) groups excluding carboxylic acids is 4. The number of carbonyl (C=O) groups is 4. The van der Waals surface area contributed by atoms with Gasteiger partial charge in [-0.25, -0.2) is 0 Å². The number of aliphatic hydroxyl groups is 1. The van der Waals surface area contributed by atoms with E-state index >= 15 is 0 Å². The molecule has 2 saturated heterocycles. The van der Waals surface area contributed by atoms with Gasteiger partial charge in [-0.15, -0.1) is 0 Å². The average Bonchev–Trinajstić information content (AvgIpc) is 3.64. The molecular formula is C33H43N3O7. The van der Waals surface area contributed by atoms with Crippen LogP contribution in [-0.4, -0.2) is 88.7 Å². The minimum absolute atomic E-state index is 0.0614. The number of allylic oxidation sites excluding steroid dienone is 1. The van der Waals surface area contributed by atoms with Crippen molar-refractivity contribution in [1.82, 2.24) is 15.1 Å². The summed E-state index contributed by atoms with van der Waals surface area (Å²) in [6, 6.07) is 6.94. The van der Waals surface area contributed by atoms with Gasteiger partial charge in [-0.2, -0.15) is 0 Å². The molecule has 2 fully saturated rings. The van der Waals surface area contributed by atoms with Crippen LogP contribution in [0.1, 0.15) is 58.1 Å². The molecular weight excluding hydrogens is 550 g/mol. The average molecular weight is 594 g/mol. The molecule has 3 amide bonds. The highest BCUT2D eigenvalue weighted by Crippen LogP contribution is 2.56. The number of hydrogen-bond donors (Lipinski definition) is 2. The van der Waals surface area contributed by atoms with Crippen molar-refractivity contribution in [2.75, 3.05) is 26.3 Å². The number of esters is 1. The second-order valence-electron chi connectivity index (χ2n) is 12.2. The van der Waals surface area contributed by atoms with E-state index in [-0.39, 0.29) is 43.3 Å². The minimum Gasteiger partial charge on any atom is -0.463 e. The first-order valence-corrected chi connectivity index (χ1v) is 15.5. The first-order chi connectivity index (χ1) is 20.7. The molecule has 5 bridgehead atoms.